The molecule has 0 spiro atoms. The van der Waals surface area contributed by atoms with Crippen molar-refractivity contribution in [2.24, 2.45) is 0 Å². The number of nitrogens with zero attached hydrogens (tertiary/aromatic N) is 8. The van der Waals surface area contributed by atoms with Gasteiger partial charge in [-0.3, -0.25) is 0 Å². The molecule has 0 aromatic carbocycles. The van der Waals surface area contributed by atoms with E-state index < -0.39 is 36.8 Å². The fourth-order valence-electron chi connectivity index (χ4n) is 8.81. The summed E-state index contributed by atoms with van der Waals surface area (Å²) >= 11 is 17.4. The normalized spacial score (nSPS) is 12.5. The first-order valence-corrected chi connectivity index (χ1v) is 53.7. The molecule has 0 amide bonds. The molecule has 12 aromatic rings. The standard InChI is InChI=1S/C31H15N5S6.C11H9NS2.C10H3BrN2S2.6CH3.2Sn/c1-4-5-36-20-10-24(28-12-26-22(39-28)8-18(37-26)6-16(14-32)34-2)41-30(20)31-21(36)11-25(42-31)29-13-27-23(40-29)9-19(38-27)7-17(15-33)35-3;1-2-5-12-8-3-6-13-10(8)11-9(12)4-7-14-11;1-13-6(5-12)2-7-3-8-9(14-7)4-10(11)15-8;;;;;;;;/h6-13H,4-5H2,1H3;3-4H,2,5H2,1H3;2-4H;6*1H3;;/b16-6-,17-7+;;6-2+;;;;;;;;. The first-order chi connectivity index (χ1) is 37.9. The van der Waals surface area contributed by atoms with Crippen LogP contribution in [0.1, 0.15) is 41.3 Å². The van der Waals surface area contributed by atoms with Crippen molar-refractivity contribution in [3.05, 3.63) is 130 Å². The van der Waals surface area contributed by atoms with Crippen molar-refractivity contribution >= 4 is 259 Å². The van der Waals surface area contributed by atoms with Gasteiger partial charge >= 0.3 is 152 Å². The smallest absolute Gasteiger partial charge is 0.263 e. The first-order valence-electron chi connectivity index (χ1n) is 24.7. The van der Waals surface area contributed by atoms with Crippen LogP contribution in [0.25, 0.3) is 121 Å². The fourth-order valence-corrected chi connectivity index (χ4v) is 31.9. The summed E-state index contributed by atoms with van der Waals surface area (Å²) in [4.78, 5) is 32.7. The number of hydrogen-bond donors (Lipinski definition) is 0. The van der Waals surface area contributed by atoms with E-state index in [1.165, 1.54) is 85.6 Å². The number of thiophene rings is 10. The maximum atomic E-state index is 9.09. The number of hydrogen-bond acceptors (Lipinski definition) is 13. The summed E-state index contributed by atoms with van der Waals surface area (Å²) in [6.07, 6.45) is 7.21. The van der Waals surface area contributed by atoms with Crippen LogP contribution in [0, 0.1) is 53.7 Å². The summed E-state index contributed by atoms with van der Waals surface area (Å²) in [5.41, 5.74) is 5.96. The van der Waals surface area contributed by atoms with Crippen molar-refractivity contribution in [2.45, 2.75) is 69.4 Å². The minimum atomic E-state index is -1.97. The Morgan fingerprint density at radius 1 is 0.456 bits per heavy atom. The molecule has 0 N–H and O–H groups in total. The third-order valence-electron chi connectivity index (χ3n) is 12.5. The third-order valence-corrected chi connectivity index (χ3v) is 43.8. The maximum Gasteiger partial charge on any atom is 0.263 e. The van der Waals surface area contributed by atoms with E-state index in [2.05, 4.69) is 154 Å². The average Bonchev–Trinajstić information content (AvgIpc) is 3.87. The molecule has 0 aliphatic rings. The summed E-state index contributed by atoms with van der Waals surface area (Å²) in [7, 11) is 0. The second-order valence-corrected chi connectivity index (χ2v) is 63.3. The van der Waals surface area contributed by atoms with E-state index in [9.17, 15) is 0 Å². The molecule has 0 atom stereocenters. The van der Waals surface area contributed by atoms with Gasteiger partial charge in [0.15, 0.2) is 0 Å². The van der Waals surface area contributed by atoms with Crippen LogP contribution in [0.3, 0.4) is 0 Å². The Hall–Kier alpha value is -4.38. The van der Waals surface area contributed by atoms with E-state index in [4.69, 9.17) is 35.5 Å². The number of rotatable bonds is 11. The molecule has 0 radical (unpaired) electrons. The van der Waals surface area contributed by atoms with Gasteiger partial charge in [-0.2, -0.15) is 0 Å². The molecule has 0 aliphatic carbocycles. The molecule has 12 aromatic heterocycles. The summed E-state index contributed by atoms with van der Waals surface area (Å²) in [6, 6.07) is 28.1. The predicted molar refractivity (Wildman–Crippen MR) is 362 cm³/mol. The van der Waals surface area contributed by atoms with Crippen molar-refractivity contribution in [3.63, 3.8) is 0 Å². The molecule has 21 heteroatoms. The molecule has 12 heterocycles. The topological polar surface area (TPSA) is 94.3 Å². The summed E-state index contributed by atoms with van der Waals surface area (Å²) < 4.78 is 22.5. The zero-order valence-corrected chi connectivity index (χ0v) is 59.3. The Balaban J connectivity index is 0.000000157. The molecule has 0 aliphatic heterocycles. The quantitative estimate of drug-likeness (QED) is 0.0733. The van der Waals surface area contributed by atoms with E-state index in [1.807, 2.05) is 53.0 Å². The second-order valence-electron chi connectivity index (χ2n) is 20.3. The molecule has 8 nitrogen and oxygen atoms in total. The number of allylic oxidation sites excluding steroid dienone is 3. The van der Waals surface area contributed by atoms with Crippen molar-refractivity contribution in [1.29, 1.82) is 15.8 Å². The van der Waals surface area contributed by atoms with E-state index in [0.717, 1.165) is 37.9 Å². The molecule has 12 rings (SSSR count). The third kappa shape index (κ3) is 12.0. The number of fused-ring (bicyclic) bond motifs is 9. The Kier molecular flexibility index (Phi) is 17.5. The number of aryl methyl sites for hydroxylation is 2. The summed E-state index contributed by atoms with van der Waals surface area (Å²) in [6.45, 7) is 27.7. The monoisotopic (exact) mass is 1490 g/mol. The van der Waals surface area contributed by atoms with E-state index >= 15 is 0 Å². The molecule has 0 saturated carbocycles. The van der Waals surface area contributed by atoms with Crippen molar-refractivity contribution in [1.82, 2.24) is 9.13 Å². The minimum Gasteiger partial charge on any atom is -0.339 e. The van der Waals surface area contributed by atoms with Crippen molar-refractivity contribution in [3.8, 4) is 37.7 Å². The predicted octanol–water partition coefficient (Wildman–Crippen LogP) is 21.7. The van der Waals surface area contributed by atoms with Crippen molar-refractivity contribution < 1.29 is 0 Å². The van der Waals surface area contributed by atoms with Gasteiger partial charge < -0.3 is 4.57 Å². The van der Waals surface area contributed by atoms with Crippen LogP contribution in [0.5, 0.6) is 0 Å². The van der Waals surface area contributed by atoms with Crippen LogP contribution >= 0.6 is 129 Å². The molecule has 0 fully saturated rings. The molecular weight excluding hydrogens is 1450 g/mol. The molecular formula is C58H45BrN8S10Sn2. The molecule has 0 unspecified atom stereocenters. The Labute approximate surface area is 514 Å². The van der Waals surface area contributed by atoms with Gasteiger partial charge in [-0.15, -0.1) is 90.7 Å². The van der Waals surface area contributed by atoms with Crippen LogP contribution in [-0.2, 0) is 13.1 Å². The van der Waals surface area contributed by atoms with Gasteiger partial charge in [-0.1, -0.05) is 6.92 Å². The van der Waals surface area contributed by atoms with E-state index in [0.29, 0.717) is 0 Å². The molecule has 392 valence electrons. The van der Waals surface area contributed by atoms with Crippen LogP contribution in [0.15, 0.2) is 81.5 Å². The zero-order chi connectivity index (χ0) is 56.1. The molecule has 0 bridgehead atoms. The number of aromatic nitrogens is 2. The largest absolute Gasteiger partial charge is 0.339 e. The number of nitriles is 3. The van der Waals surface area contributed by atoms with Gasteiger partial charge in [0.1, 0.15) is 0 Å². The Morgan fingerprint density at radius 3 is 1.09 bits per heavy atom. The number of halogens is 1. The minimum absolute atomic E-state index is 0.107. The van der Waals surface area contributed by atoms with Gasteiger partial charge in [0.2, 0.25) is 0 Å². The SMILES string of the molecule is CCCn1c2c[c]([Sn]([CH3])([CH3])[CH3])sc2c2s[c]([Sn]([CH3])([CH3])[CH3])cc21.[C-]#[N+]/C(C#N)=C/c1cc2sc(Br)cc2s1.[C-]#[N+]/C(C#N)=C\c1cc2sc(-c3cc4c(s3)c3sc(-c5cc6sc(/C=C(\C#N)[N+]#[C-])cc6s5)cc3n4CCC)cc2s1. The Morgan fingerprint density at radius 2 is 0.772 bits per heavy atom. The summed E-state index contributed by atoms with van der Waals surface area (Å²) in [5.74, 6) is 0. The average molecular weight is 1490 g/mol. The van der Waals surface area contributed by atoms with Gasteiger partial charge in [0.25, 0.3) is 17.1 Å². The Bertz CT molecular complexity index is 4350. The van der Waals surface area contributed by atoms with Gasteiger partial charge in [0, 0.05) is 68.9 Å². The maximum absolute atomic E-state index is 9.09. The van der Waals surface area contributed by atoms with Crippen LogP contribution in [-0.4, -0.2) is 45.9 Å². The van der Waals surface area contributed by atoms with Gasteiger partial charge in [-0.05, 0) is 89.1 Å². The fraction of sp³-hybridized carbons (Fsp3) is 0.207. The zero-order valence-electron chi connectivity index (χ0n) is 43.9. The van der Waals surface area contributed by atoms with Crippen LogP contribution < -0.4 is 5.79 Å². The molecule has 79 heavy (non-hydrogen) atoms. The second kappa shape index (κ2) is 23.8. The molecule has 0 saturated heterocycles. The van der Waals surface area contributed by atoms with Crippen LogP contribution in [0.4, 0.5) is 0 Å². The summed E-state index contributed by atoms with van der Waals surface area (Å²) in [5, 5.41) is 26.8. The van der Waals surface area contributed by atoms with E-state index in [1.54, 1.807) is 101 Å². The first kappa shape index (κ1) is 57.8. The van der Waals surface area contributed by atoms with Gasteiger partial charge in [0.05, 0.1) is 62.1 Å². The van der Waals surface area contributed by atoms with Gasteiger partial charge in [-0.25, -0.2) is 30.3 Å². The van der Waals surface area contributed by atoms with E-state index in [-0.39, 0.29) is 17.1 Å². The van der Waals surface area contributed by atoms with Crippen molar-refractivity contribution in [2.75, 3.05) is 0 Å². The van der Waals surface area contributed by atoms with Crippen LogP contribution in [0.2, 0.25) is 29.6 Å².